The van der Waals surface area contributed by atoms with E-state index < -0.39 is 9.84 Å². The average molecular weight is 310 g/mol. The number of halogens is 1. The number of hydrogen-bond donors (Lipinski definition) is 1. The van der Waals surface area contributed by atoms with Crippen molar-refractivity contribution in [3.8, 4) is 0 Å². The minimum Gasteiger partial charge on any atom is -0.399 e. The summed E-state index contributed by atoms with van der Waals surface area (Å²) in [5, 5.41) is 0.185. The van der Waals surface area contributed by atoms with Gasteiger partial charge in [0, 0.05) is 5.69 Å². The Labute approximate surface area is 124 Å². The number of nitrogens with two attached hydrogens (primary N) is 1. The summed E-state index contributed by atoms with van der Waals surface area (Å²) < 4.78 is 24.5. The summed E-state index contributed by atoms with van der Waals surface area (Å²) in [5.41, 5.74) is 7.16. The molecule has 2 aromatic rings. The number of rotatable bonds is 5. The van der Waals surface area contributed by atoms with E-state index in [1.807, 2.05) is 30.3 Å². The molecule has 0 bridgehead atoms. The van der Waals surface area contributed by atoms with Crippen molar-refractivity contribution in [3.63, 3.8) is 0 Å². The van der Waals surface area contributed by atoms with E-state index >= 15 is 0 Å². The van der Waals surface area contributed by atoms with Gasteiger partial charge in [-0.25, -0.2) is 8.42 Å². The molecule has 0 unspecified atom stereocenters. The molecule has 0 aliphatic rings. The highest BCUT2D eigenvalue weighted by Crippen LogP contribution is 2.25. The van der Waals surface area contributed by atoms with Crippen LogP contribution in [0, 0.1) is 0 Å². The molecule has 3 nitrogen and oxygen atoms in total. The average Bonchev–Trinajstić information content (AvgIpc) is 2.39. The van der Waals surface area contributed by atoms with Gasteiger partial charge in [-0.15, -0.1) is 0 Å². The van der Waals surface area contributed by atoms with E-state index in [4.69, 9.17) is 17.3 Å². The van der Waals surface area contributed by atoms with Gasteiger partial charge < -0.3 is 5.73 Å². The highest BCUT2D eigenvalue weighted by atomic mass is 35.5. The lowest BCUT2D eigenvalue weighted by Gasteiger charge is -2.07. The highest BCUT2D eigenvalue weighted by Gasteiger charge is 2.17. The van der Waals surface area contributed by atoms with Crippen molar-refractivity contribution in [1.82, 2.24) is 0 Å². The van der Waals surface area contributed by atoms with E-state index in [1.54, 1.807) is 6.07 Å². The van der Waals surface area contributed by atoms with Gasteiger partial charge in [0.05, 0.1) is 15.7 Å². The van der Waals surface area contributed by atoms with Crippen molar-refractivity contribution < 1.29 is 8.42 Å². The Morgan fingerprint density at radius 3 is 2.40 bits per heavy atom. The van der Waals surface area contributed by atoms with Crippen molar-refractivity contribution in [3.05, 3.63) is 59.1 Å². The first kappa shape index (κ1) is 14.9. The molecule has 0 spiro atoms. The number of hydrogen-bond acceptors (Lipinski definition) is 3. The maximum Gasteiger partial charge on any atom is 0.179 e. The topological polar surface area (TPSA) is 60.2 Å². The number of aryl methyl sites for hydroxylation is 1. The van der Waals surface area contributed by atoms with Gasteiger partial charge in [-0.3, -0.25) is 0 Å². The van der Waals surface area contributed by atoms with Gasteiger partial charge in [0.15, 0.2) is 9.84 Å². The maximum atomic E-state index is 12.2. The molecule has 0 saturated carbocycles. The Kier molecular flexibility index (Phi) is 4.68. The fourth-order valence-corrected chi connectivity index (χ4v) is 3.91. The molecule has 0 heterocycles. The number of benzene rings is 2. The standard InChI is InChI=1S/C15H16ClNO2S/c16-14-11-13(17)8-9-15(14)20(18,19)10-4-7-12-5-2-1-3-6-12/h1-3,5-6,8-9,11H,4,7,10,17H2. The summed E-state index contributed by atoms with van der Waals surface area (Å²) >= 11 is 5.95. The number of nitrogen functional groups attached to an aromatic ring is 1. The summed E-state index contributed by atoms with van der Waals surface area (Å²) in [6, 6.07) is 14.3. The second kappa shape index (κ2) is 6.29. The third-order valence-electron chi connectivity index (χ3n) is 3.01. The second-order valence-corrected chi connectivity index (χ2v) is 7.08. The molecule has 2 N–H and O–H groups in total. The Morgan fingerprint density at radius 1 is 1.05 bits per heavy atom. The van der Waals surface area contributed by atoms with Gasteiger partial charge in [-0.2, -0.15) is 0 Å². The molecule has 0 atom stereocenters. The fourth-order valence-electron chi connectivity index (χ4n) is 1.99. The summed E-state index contributed by atoms with van der Waals surface area (Å²) in [5.74, 6) is 0.0749. The van der Waals surface area contributed by atoms with Crippen LogP contribution < -0.4 is 5.73 Å². The molecular weight excluding hydrogens is 294 g/mol. The van der Waals surface area contributed by atoms with E-state index in [0.717, 1.165) is 12.0 Å². The molecule has 0 aliphatic heterocycles. The molecule has 0 saturated heterocycles. The van der Waals surface area contributed by atoms with Crippen LogP contribution in [0.1, 0.15) is 12.0 Å². The largest absolute Gasteiger partial charge is 0.399 e. The highest BCUT2D eigenvalue weighted by molar-refractivity contribution is 7.91. The van der Waals surface area contributed by atoms with Crippen LogP contribution in [0.25, 0.3) is 0 Å². The zero-order valence-corrected chi connectivity index (χ0v) is 12.5. The molecule has 0 radical (unpaired) electrons. The van der Waals surface area contributed by atoms with E-state index in [2.05, 4.69) is 0 Å². The smallest absolute Gasteiger partial charge is 0.179 e. The summed E-state index contributed by atoms with van der Waals surface area (Å²) in [6.45, 7) is 0. The predicted octanol–water partition coefficient (Wildman–Crippen LogP) is 3.33. The van der Waals surface area contributed by atoms with E-state index in [9.17, 15) is 8.42 Å². The summed E-state index contributed by atoms with van der Waals surface area (Å²) in [4.78, 5) is 0.154. The van der Waals surface area contributed by atoms with Gasteiger partial charge >= 0.3 is 0 Å². The normalized spacial score (nSPS) is 11.4. The zero-order valence-electron chi connectivity index (χ0n) is 10.9. The third kappa shape index (κ3) is 3.74. The lowest BCUT2D eigenvalue weighted by atomic mass is 10.1. The molecule has 0 aromatic heterocycles. The lowest BCUT2D eigenvalue weighted by molar-refractivity contribution is 0.593. The minimum atomic E-state index is -3.37. The molecular formula is C15H16ClNO2S. The molecule has 0 fully saturated rings. The van der Waals surface area contributed by atoms with Crippen LogP contribution >= 0.6 is 11.6 Å². The molecule has 0 aliphatic carbocycles. The van der Waals surface area contributed by atoms with Crippen molar-refractivity contribution >= 4 is 27.1 Å². The maximum absolute atomic E-state index is 12.2. The Bertz CT molecular complexity index is 684. The first-order chi connectivity index (χ1) is 9.49. The first-order valence-electron chi connectivity index (χ1n) is 6.31. The summed E-state index contributed by atoms with van der Waals surface area (Å²) in [6.07, 6.45) is 1.29. The SMILES string of the molecule is Nc1ccc(S(=O)(=O)CCCc2ccccc2)c(Cl)c1. The third-order valence-corrected chi connectivity index (χ3v) is 5.29. The summed E-state index contributed by atoms with van der Waals surface area (Å²) in [7, 11) is -3.37. The van der Waals surface area contributed by atoms with E-state index in [0.29, 0.717) is 12.1 Å². The van der Waals surface area contributed by atoms with Crippen LogP contribution in [0.3, 0.4) is 0 Å². The van der Waals surface area contributed by atoms with Crippen LogP contribution in [0.5, 0.6) is 0 Å². The van der Waals surface area contributed by atoms with Gasteiger partial charge in [0.2, 0.25) is 0 Å². The lowest BCUT2D eigenvalue weighted by Crippen LogP contribution is -2.08. The number of anilines is 1. The van der Waals surface area contributed by atoms with Crippen LogP contribution in [0.15, 0.2) is 53.4 Å². The van der Waals surface area contributed by atoms with E-state index in [-0.39, 0.29) is 15.7 Å². The van der Waals surface area contributed by atoms with Crippen molar-refractivity contribution in [1.29, 1.82) is 0 Å². The monoisotopic (exact) mass is 309 g/mol. The van der Waals surface area contributed by atoms with Crippen LogP contribution in [-0.4, -0.2) is 14.2 Å². The van der Waals surface area contributed by atoms with E-state index in [1.165, 1.54) is 12.1 Å². The quantitative estimate of drug-likeness (QED) is 0.862. The first-order valence-corrected chi connectivity index (χ1v) is 8.34. The van der Waals surface area contributed by atoms with Crippen molar-refractivity contribution in [2.24, 2.45) is 0 Å². The van der Waals surface area contributed by atoms with Crippen molar-refractivity contribution in [2.45, 2.75) is 17.7 Å². The molecule has 5 heteroatoms. The molecule has 20 heavy (non-hydrogen) atoms. The zero-order chi connectivity index (χ0) is 14.6. The van der Waals surface area contributed by atoms with Gasteiger partial charge in [0.1, 0.15) is 0 Å². The molecule has 0 amide bonds. The van der Waals surface area contributed by atoms with Gasteiger partial charge in [-0.1, -0.05) is 41.9 Å². The Hall–Kier alpha value is -1.52. The van der Waals surface area contributed by atoms with Gasteiger partial charge in [0.25, 0.3) is 0 Å². The van der Waals surface area contributed by atoms with Crippen molar-refractivity contribution in [2.75, 3.05) is 11.5 Å². The minimum absolute atomic E-state index is 0.0749. The van der Waals surface area contributed by atoms with Gasteiger partial charge in [-0.05, 0) is 36.6 Å². The Balaban J connectivity index is 2.04. The van der Waals surface area contributed by atoms with Crippen LogP contribution in [0.4, 0.5) is 5.69 Å². The predicted molar refractivity (Wildman–Crippen MR) is 82.7 cm³/mol. The molecule has 106 valence electrons. The molecule has 2 aromatic carbocycles. The van der Waals surface area contributed by atoms with Crippen LogP contribution in [0.2, 0.25) is 5.02 Å². The van der Waals surface area contributed by atoms with Crippen LogP contribution in [-0.2, 0) is 16.3 Å². The fraction of sp³-hybridized carbons (Fsp3) is 0.200. The molecule has 2 rings (SSSR count). The Morgan fingerprint density at radius 2 is 1.75 bits per heavy atom. The number of sulfone groups is 1. The second-order valence-electron chi connectivity index (χ2n) is 4.60.